The number of nitrogens with zero attached hydrogens (tertiary/aromatic N) is 1. The summed E-state index contributed by atoms with van der Waals surface area (Å²) in [5.74, 6) is -0.423. The second kappa shape index (κ2) is 6.96. The van der Waals surface area contributed by atoms with Crippen LogP contribution in [0.25, 0.3) is 0 Å². The summed E-state index contributed by atoms with van der Waals surface area (Å²) in [6.07, 6.45) is 0. The van der Waals surface area contributed by atoms with Gasteiger partial charge in [0.05, 0.1) is 12.2 Å². The van der Waals surface area contributed by atoms with Gasteiger partial charge in [-0.15, -0.1) is 0 Å². The molecule has 1 amide bonds. The van der Waals surface area contributed by atoms with Crippen molar-refractivity contribution in [3.8, 4) is 0 Å². The van der Waals surface area contributed by atoms with Crippen molar-refractivity contribution in [2.75, 3.05) is 32.1 Å². The molecule has 0 fully saturated rings. The molecule has 100 valence electrons. The van der Waals surface area contributed by atoms with Gasteiger partial charge in [-0.1, -0.05) is 12.1 Å². The zero-order valence-electron chi connectivity index (χ0n) is 11.1. The summed E-state index contributed by atoms with van der Waals surface area (Å²) in [5, 5.41) is 5.69. The summed E-state index contributed by atoms with van der Waals surface area (Å²) in [7, 11) is 3.52. The van der Waals surface area contributed by atoms with Crippen LogP contribution in [0.3, 0.4) is 0 Å². The van der Waals surface area contributed by atoms with Crippen molar-refractivity contribution in [2.24, 2.45) is 0 Å². The smallest absolute Gasteiger partial charge is 0.239 e. The van der Waals surface area contributed by atoms with E-state index in [1.54, 1.807) is 25.1 Å². The maximum absolute atomic E-state index is 13.9. The summed E-state index contributed by atoms with van der Waals surface area (Å²) < 4.78 is 13.9. The predicted octanol–water partition coefficient (Wildman–Crippen LogP) is 1.12. The Labute approximate surface area is 107 Å². The van der Waals surface area contributed by atoms with Crippen LogP contribution < -0.4 is 15.5 Å². The van der Waals surface area contributed by atoms with Crippen LogP contribution in [0.5, 0.6) is 0 Å². The van der Waals surface area contributed by atoms with Gasteiger partial charge in [0.25, 0.3) is 0 Å². The van der Waals surface area contributed by atoms with E-state index in [0.717, 1.165) is 5.56 Å². The molecule has 1 rings (SSSR count). The average molecular weight is 253 g/mol. The summed E-state index contributed by atoms with van der Waals surface area (Å²) in [6.45, 7) is 3.14. The molecule has 0 saturated carbocycles. The Bertz CT molecular complexity index is 409. The van der Waals surface area contributed by atoms with E-state index >= 15 is 0 Å². The number of carbonyl (C=O) groups excluding carboxylic acids is 1. The van der Waals surface area contributed by atoms with E-state index in [-0.39, 0.29) is 18.3 Å². The van der Waals surface area contributed by atoms with Gasteiger partial charge in [-0.05, 0) is 25.6 Å². The van der Waals surface area contributed by atoms with Crippen molar-refractivity contribution in [3.05, 3.63) is 29.6 Å². The molecule has 0 aliphatic heterocycles. The lowest BCUT2D eigenvalue weighted by Crippen LogP contribution is -2.36. The predicted molar refractivity (Wildman–Crippen MR) is 71.1 cm³/mol. The summed E-state index contributed by atoms with van der Waals surface area (Å²) in [5.41, 5.74) is 1.31. The molecular formula is C13H20FN3O. The minimum absolute atomic E-state index is 0.112. The molecule has 0 radical (unpaired) electrons. The van der Waals surface area contributed by atoms with E-state index in [4.69, 9.17) is 0 Å². The van der Waals surface area contributed by atoms with Gasteiger partial charge in [-0.3, -0.25) is 4.79 Å². The first-order chi connectivity index (χ1) is 8.60. The van der Waals surface area contributed by atoms with Crippen molar-refractivity contribution in [2.45, 2.75) is 13.5 Å². The lowest BCUT2D eigenvalue weighted by Gasteiger charge is -2.22. The fourth-order valence-corrected chi connectivity index (χ4v) is 1.87. The molecule has 4 nitrogen and oxygen atoms in total. The molecule has 1 aromatic carbocycles. The Balaban J connectivity index is 2.89. The normalized spacial score (nSPS) is 10.2. The number of halogens is 1. The van der Waals surface area contributed by atoms with Gasteiger partial charge in [0, 0.05) is 20.1 Å². The van der Waals surface area contributed by atoms with Crippen LogP contribution in [0, 0.1) is 5.82 Å². The highest BCUT2D eigenvalue weighted by atomic mass is 19.1. The lowest BCUT2D eigenvalue weighted by atomic mass is 10.1. The number of anilines is 1. The molecule has 0 atom stereocenters. The van der Waals surface area contributed by atoms with Crippen molar-refractivity contribution in [1.82, 2.24) is 10.6 Å². The number of amides is 1. The summed E-state index contributed by atoms with van der Waals surface area (Å²) >= 11 is 0. The fourth-order valence-electron chi connectivity index (χ4n) is 1.87. The van der Waals surface area contributed by atoms with E-state index in [9.17, 15) is 9.18 Å². The van der Waals surface area contributed by atoms with E-state index in [2.05, 4.69) is 10.6 Å². The van der Waals surface area contributed by atoms with Crippen molar-refractivity contribution >= 4 is 11.6 Å². The number of nitrogens with one attached hydrogen (secondary N) is 2. The van der Waals surface area contributed by atoms with Crippen molar-refractivity contribution in [3.63, 3.8) is 0 Å². The van der Waals surface area contributed by atoms with E-state index in [1.165, 1.54) is 6.07 Å². The topological polar surface area (TPSA) is 44.4 Å². The Morgan fingerprint density at radius 3 is 2.78 bits per heavy atom. The molecule has 0 aromatic heterocycles. The SMILES string of the molecule is CCNC(=O)CN(C)c1c(F)cccc1CNC. The molecular weight excluding hydrogens is 233 g/mol. The zero-order valence-corrected chi connectivity index (χ0v) is 11.1. The van der Waals surface area contributed by atoms with Crippen LogP contribution in [0.4, 0.5) is 10.1 Å². The summed E-state index contributed by atoms with van der Waals surface area (Å²) in [6, 6.07) is 4.93. The van der Waals surface area contributed by atoms with Gasteiger partial charge >= 0.3 is 0 Å². The van der Waals surface area contributed by atoms with Gasteiger partial charge in [0.1, 0.15) is 5.82 Å². The first-order valence-corrected chi connectivity index (χ1v) is 6.00. The Kier molecular flexibility index (Phi) is 5.58. The minimum Gasteiger partial charge on any atom is -0.363 e. The second-order valence-electron chi connectivity index (χ2n) is 4.09. The van der Waals surface area contributed by atoms with Crippen LogP contribution in [-0.2, 0) is 11.3 Å². The van der Waals surface area contributed by atoms with Gasteiger partial charge in [-0.25, -0.2) is 4.39 Å². The second-order valence-corrected chi connectivity index (χ2v) is 4.09. The average Bonchev–Trinajstić information content (AvgIpc) is 2.29. The quantitative estimate of drug-likeness (QED) is 0.798. The number of para-hydroxylation sites is 1. The molecule has 0 bridgehead atoms. The molecule has 0 saturated heterocycles. The molecule has 0 heterocycles. The number of likely N-dealkylation sites (N-methyl/N-ethyl adjacent to an activating group) is 2. The number of hydrogen-bond donors (Lipinski definition) is 2. The maximum Gasteiger partial charge on any atom is 0.239 e. The lowest BCUT2D eigenvalue weighted by molar-refractivity contribution is -0.119. The van der Waals surface area contributed by atoms with Crippen LogP contribution >= 0.6 is 0 Å². The van der Waals surface area contributed by atoms with Crippen LogP contribution in [0.1, 0.15) is 12.5 Å². The molecule has 5 heteroatoms. The number of carbonyl (C=O) groups is 1. The van der Waals surface area contributed by atoms with Crippen LogP contribution in [0.2, 0.25) is 0 Å². The Morgan fingerprint density at radius 2 is 2.17 bits per heavy atom. The minimum atomic E-state index is -0.311. The van der Waals surface area contributed by atoms with E-state index in [1.807, 2.05) is 13.0 Å². The van der Waals surface area contributed by atoms with Crippen molar-refractivity contribution in [1.29, 1.82) is 0 Å². The molecule has 0 spiro atoms. The first-order valence-electron chi connectivity index (χ1n) is 6.00. The molecule has 0 unspecified atom stereocenters. The van der Waals surface area contributed by atoms with E-state index < -0.39 is 0 Å². The number of rotatable bonds is 6. The fraction of sp³-hybridized carbons (Fsp3) is 0.462. The standard InChI is InChI=1S/C13H20FN3O/c1-4-16-12(18)9-17(3)13-10(8-15-2)6-5-7-11(13)14/h5-7,15H,4,8-9H2,1-3H3,(H,16,18). The third kappa shape index (κ3) is 3.70. The number of benzene rings is 1. The highest BCUT2D eigenvalue weighted by Crippen LogP contribution is 2.23. The first kappa shape index (κ1) is 14.4. The van der Waals surface area contributed by atoms with Crippen molar-refractivity contribution < 1.29 is 9.18 Å². The highest BCUT2D eigenvalue weighted by Gasteiger charge is 2.14. The monoisotopic (exact) mass is 253 g/mol. The number of hydrogen-bond acceptors (Lipinski definition) is 3. The van der Waals surface area contributed by atoms with Gasteiger partial charge in [0.2, 0.25) is 5.91 Å². The van der Waals surface area contributed by atoms with Crippen LogP contribution in [-0.4, -0.2) is 33.1 Å². The van der Waals surface area contributed by atoms with E-state index in [0.29, 0.717) is 18.8 Å². The van der Waals surface area contributed by atoms with Crippen LogP contribution in [0.15, 0.2) is 18.2 Å². The molecule has 1 aromatic rings. The molecule has 2 N–H and O–H groups in total. The molecule has 0 aliphatic rings. The van der Waals surface area contributed by atoms with Gasteiger partial charge in [-0.2, -0.15) is 0 Å². The Morgan fingerprint density at radius 1 is 1.44 bits per heavy atom. The molecule has 0 aliphatic carbocycles. The molecule has 18 heavy (non-hydrogen) atoms. The zero-order chi connectivity index (χ0) is 13.5. The third-order valence-electron chi connectivity index (χ3n) is 2.57. The summed E-state index contributed by atoms with van der Waals surface area (Å²) in [4.78, 5) is 13.1. The highest BCUT2D eigenvalue weighted by molar-refractivity contribution is 5.81. The third-order valence-corrected chi connectivity index (χ3v) is 2.57. The van der Waals surface area contributed by atoms with Gasteiger partial charge in [0.15, 0.2) is 0 Å². The Hall–Kier alpha value is -1.62. The van der Waals surface area contributed by atoms with Gasteiger partial charge < -0.3 is 15.5 Å². The largest absolute Gasteiger partial charge is 0.363 e. The maximum atomic E-state index is 13.9.